The number of nitrogens with zero attached hydrogens (tertiary/aromatic N) is 1. The highest BCUT2D eigenvalue weighted by molar-refractivity contribution is 9.10. The van der Waals surface area contributed by atoms with Crippen LogP contribution in [0.15, 0.2) is 53.5 Å². The van der Waals surface area contributed by atoms with Crippen LogP contribution in [-0.4, -0.2) is 9.97 Å². The van der Waals surface area contributed by atoms with Crippen LogP contribution in [0.2, 0.25) is 0 Å². The van der Waals surface area contributed by atoms with Crippen LogP contribution in [0.5, 0.6) is 0 Å². The van der Waals surface area contributed by atoms with Crippen molar-refractivity contribution >= 4 is 15.9 Å². The van der Waals surface area contributed by atoms with Gasteiger partial charge in [0.25, 0.3) is 0 Å². The second-order valence-corrected chi connectivity index (χ2v) is 2.97. The summed E-state index contributed by atoms with van der Waals surface area (Å²) >= 11 is 3.25. The van der Waals surface area contributed by atoms with Crippen molar-refractivity contribution in [2.45, 2.75) is 0 Å². The molecule has 0 aliphatic rings. The molecule has 0 saturated carbocycles. The molecule has 0 fully saturated rings. The summed E-state index contributed by atoms with van der Waals surface area (Å²) in [7, 11) is 0. The lowest BCUT2D eigenvalue weighted by Crippen LogP contribution is -1.58. The Balaban J connectivity index is 0.000000120. The Kier molecular flexibility index (Phi) is 4.16. The highest BCUT2D eigenvalue weighted by Gasteiger charge is 1.75. The molecule has 0 aliphatic carbocycles. The van der Waals surface area contributed by atoms with Gasteiger partial charge in [-0.3, -0.25) is 4.98 Å². The van der Waals surface area contributed by atoms with Gasteiger partial charge in [-0.25, -0.2) is 0 Å². The lowest BCUT2D eigenvalue weighted by atomic mass is 10.5. The first kappa shape index (κ1) is 9.00. The summed E-state index contributed by atoms with van der Waals surface area (Å²) in [6, 6.07) is 7.66. The summed E-state index contributed by atoms with van der Waals surface area (Å²) in [4.78, 5) is 6.67. The van der Waals surface area contributed by atoms with E-state index in [4.69, 9.17) is 0 Å². The minimum absolute atomic E-state index is 1.10. The fraction of sp³-hybridized carbons (Fsp3) is 0. The average Bonchev–Trinajstić information content (AvgIpc) is 2.60. The molecule has 2 nitrogen and oxygen atoms in total. The van der Waals surface area contributed by atoms with E-state index in [9.17, 15) is 0 Å². The molecule has 0 aliphatic heterocycles. The number of H-pyrrole nitrogens is 1. The lowest BCUT2D eigenvalue weighted by Gasteiger charge is -1.70. The number of aromatic amines is 1. The van der Waals surface area contributed by atoms with Crippen molar-refractivity contribution in [2.24, 2.45) is 0 Å². The molecule has 62 valence electrons. The van der Waals surface area contributed by atoms with Gasteiger partial charge in [0.1, 0.15) is 0 Å². The molecule has 2 rings (SSSR count). The molecule has 1 N–H and O–H groups in total. The topological polar surface area (TPSA) is 28.7 Å². The highest BCUT2D eigenvalue weighted by Crippen LogP contribution is 2.03. The molecular weight excluding hydrogens is 216 g/mol. The van der Waals surface area contributed by atoms with E-state index in [1.54, 1.807) is 12.4 Å². The predicted molar refractivity (Wildman–Crippen MR) is 52.7 cm³/mol. The van der Waals surface area contributed by atoms with Crippen LogP contribution in [0, 0.1) is 0 Å². The maximum absolute atomic E-state index is 3.78. The molecule has 0 aromatic carbocycles. The summed E-state index contributed by atoms with van der Waals surface area (Å²) in [6.07, 6.45) is 7.24. The number of hydrogen-bond acceptors (Lipinski definition) is 1. The maximum atomic E-state index is 3.78. The standard InChI is InChI=1S/C5H5N.C4H4BrN/c1-2-4-6-5-3-1;5-4-1-2-6-3-4/h1-5H;1-3,6H. The van der Waals surface area contributed by atoms with Crippen LogP contribution in [0.1, 0.15) is 0 Å². The fourth-order valence-corrected chi connectivity index (χ4v) is 0.880. The van der Waals surface area contributed by atoms with Crippen LogP contribution < -0.4 is 0 Å². The Labute approximate surface area is 79.8 Å². The van der Waals surface area contributed by atoms with Gasteiger partial charge in [0.15, 0.2) is 0 Å². The number of aromatic nitrogens is 2. The SMILES string of the molecule is Brc1cc[nH]c1.c1ccncc1. The van der Waals surface area contributed by atoms with Crippen LogP contribution >= 0.6 is 15.9 Å². The van der Waals surface area contributed by atoms with Gasteiger partial charge >= 0.3 is 0 Å². The first-order valence-corrected chi connectivity index (χ1v) is 4.32. The molecule has 2 heterocycles. The molecular formula is C9H9BrN2. The van der Waals surface area contributed by atoms with Gasteiger partial charge in [-0.1, -0.05) is 6.07 Å². The monoisotopic (exact) mass is 224 g/mol. The number of nitrogens with one attached hydrogen (secondary N) is 1. The van der Waals surface area contributed by atoms with E-state index >= 15 is 0 Å². The van der Waals surface area contributed by atoms with E-state index in [2.05, 4.69) is 25.9 Å². The molecule has 0 saturated heterocycles. The van der Waals surface area contributed by atoms with Crippen LogP contribution in [0.25, 0.3) is 0 Å². The third-order valence-corrected chi connectivity index (χ3v) is 1.62. The zero-order valence-electron chi connectivity index (χ0n) is 6.44. The molecule has 0 atom stereocenters. The Morgan fingerprint density at radius 3 is 2.08 bits per heavy atom. The second kappa shape index (κ2) is 5.55. The number of rotatable bonds is 0. The summed E-state index contributed by atoms with van der Waals surface area (Å²) in [5.41, 5.74) is 0. The molecule has 0 amide bonds. The van der Waals surface area contributed by atoms with E-state index in [1.807, 2.05) is 36.7 Å². The smallest absolute Gasteiger partial charge is 0.0349 e. The van der Waals surface area contributed by atoms with Gasteiger partial charge in [0.2, 0.25) is 0 Å². The van der Waals surface area contributed by atoms with Crippen LogP contribution in [0.4, 0.5) is 0 Å². The molecule has 0 unspecified atom stereocenters. The lowest BCUT2D eigenvalue weighted by molar-refractivity contribution is 1.33. The van der Waals surface area contributed by atoms with Crippen LogP contribution in [0.3, 0.4) is 0 Å². The minimum atomic E-state index is 1.10. The molecule has 0 spiro atoms. The van der Waals surface area contributed by atoms with Gasteiger partial charge in [-0.15, -0.1) is 0 Å². The predicted octanol–water partition coefficient (Wildman–Crippen LogP) is 2.86. The van der Waals surface area contributed by atoms with Crippen molar-refractivity contribution in [2.75, 3.05) is 0 Å². The van der Waals surface area contributed by atoms with E-state index < -0.39 is 0 Å². The largest absolute Gasteiger partial charge is 0.367 e. The van der Waals surface area contributed by atoms with Crippen molar-refractivity contribution in [3.05, 3.63) is 53.5 Å². The van der Waals surface area contributed by atoms with Crippen molar-refractivity contribution in [3.8, 4) is 0 Å². The molecule has 0 radical (unpaired) electrons. The van der Waals surface area contributed by atoms with Gasteiger partial charge in [-0.2, -0.15) is 0 Å². The quantitative estimate of drug-likeness (QED) is 0.733. The Bertz CT molecular complexity index is 252. The highest BCUT2D eigenvalue weighted by atomic mass is 79.9. The summed E-state index contributed by atoms with van der Waals surface area (Å²) in [6.45, 7) is 0. The van der Waals surface area contributed by atoms with Gasteiger partial charge in [0, 0.05) is 29.3 Å². The molecule has 0 bridgehead atoms. The first-order valence-electron chi connectivity index (χ1n) is 3.53. The summed E-state index contributed by atoms with van der Waals surface area (Å²) in [5, 5.41) is 0. The normalized spacial score (nSPS) is 8.42. The van der Waals surface area contributed by atoms with Gasteiger partial charge in [-0.05, 0) is 34.1 Å². The second-order valence-electron chi connectivity index (χ2n) is 2.05. The zero-order chi connectivity index (χ0) is 8.65. The Hall–Kier alpha value is -1.09. The van der Waals surface area contributed by atoms with Gasteiger partial charge < -0.3 is 4.98 Å². The van der Waals surface area contributed by atoms with Crippen molar-refractivity contribution in [1.29, 1.82) is 0 Å². The zero-order valence-corrected chi connectivity index (χ0v) is 8.03. The van der Waals surface area contributed by atoms with E-state index in [0.29, 0.717) is 0 Å². The number of hydrogen-bond donors (Lipinski definition) is 1. The van der Waals surface area contributed by atoms with E-state index in [-0.39, 0.29) is 0 Å². The third-order valence-electron chi connectivity index (χ3n) is 1.13. The molecule has 3 heteroatoms. The first-order chi connectivity index (χ1) is 5.89. The average molecular weight is 225 g/mol. The summed E-state index contributed by atoms with van der Waals surface area (Å²) in [5.74, 6) is 0. The Morgan fingerprint density at radius 1 is 1.17 bits per heavy atom. The molecule has 12 heavy (non-hydrogen) atoms. The van der Waals surface area contributed by atoms with E-state index in [1.165, 1.54) is 0 Å². The van der Waals surface area contributed by atoms with Crippen molar-refractivity contribution < 1.29 is 0 Å². The van der Waals surface area contributed by atoms with Crippen molar-refractivity contribution in [1.82, 2.24) is 9.97 Å². The van der Waals surface area contributed by atoms with Gasteiger partial charge in [0.05, 0.1) is 0 Å². The molecule has 2 aromatic heterocycles. The maximum Gasteiger partial charge on any atom is 0.0349 e. The van der Waals surface area contributed by atoms with Crippen molar-refractivity contribution in [3.63, 3.8) is 0 Å². The fourth-order valence-electron chi connectivity index (χ4n) is 0.616. The van der Waals surface area contributed by atoms with E-state index in [0.717, 1.165) is 4.47 Å². The van der Waals surface area contributed by atoms with Crippen LogP contribution in [-0.2, 0) is 0 Å². The third kappa shape index (κ3) is 3.93. The number of halogens is 1. The minimum Gasteiger partial charge on any atom is -0.367 e. The summed E-state index contributed by atoms with van der Waals surface area (Å²) < 4.78 is 1.10. The number of pyridine rings is 1. The Morgan fingerprint density at radius 2 is 1.92 bits per heavy atom. The molecule has 2 aromatic rings.